The summed E-state index contributed by atoms with van der Waals surface area (Å²) in [5.74, 6) is 0.111. The Bertz CT molecular complexity index is 564. The topological polar surface area (TPSA) is 48.7 Å². The zero-order valence-corrected chi connectivity index (χ0v) is 11.9. The molecule has 3 unspecified atom stereocenters. The molecule has 1 N–H and O–H groups in total. The van der Waals surface area contributed by atoms with Crippen molar-refractivity contribution in [3.63, 3.8) is 0 Å². The predicted molar refractivity (Wildman–Crippen MR) is 82.4 cm³/mol. The van der Waals surface area contributed by atoms with Gasteiger partial charge in [-0.2, -0.15) is 5.26 Å². The van der Waals surface area contributed by atoms with E-state index >= 15 is 0 Å². The largest absolute Gasteiger partial charge is 0.301 e. The molecular formula is C18H19N3. The van der Waals surface area contributed by atoms with Gasteiger partial charge < -0.3 is 5.32 Å². The lowest BCUT2D eigenvalue weighted by molar-refractivity contribution is 0.427. The van der Waals surface area contributed by atoms with Crippen LogP contribution in [0.2, 0.25) is 0 Å². The molecule has 1 fully saturated rings. The number of pyridine rings is 1. The second-order valence-corrected chi connectivity index (χ2v) is 5.54. The van der Waals surface area contributed by atoms with Gasteiger partial charge in [0, 0.05) is 12.2 Å². The lowest BCUT2D eigenvalue weighted by Crippen LogP contribution is -2.36. The number of aromatic nitrogens is 1. The first kappa shape index (κ1) is 13.8. The number of benzene rings is 1. The SMILES string of the molecule is N#CC1CCCC1NC(c1ccccc1)c1ccccn1. The Morgan fingerprint density at radius 3 is 2.62 bits per heavy atom. The minimum Gasteiger partial charge on any atom is -0.301 e. The summed E-state index contributed by atoms with van der Waals surface area (Å²) in [6, 6.07) is 19.1. The quantitative estimate of drug-likeness (QED) is 0.931. The van der Waals surface area contributed by atoms with Crippen molar-refractivity contribution in [2.75, 3.05) is 0 Å². The Hall–Kier alpha value is -2.18. The highest BCUT2D eigenvalue weighted by molar-refractivity contribution is 5.28. The van der Waals surface area contributed by atoms with Gasteiger partial charge in [0.25, 0.3) is 0 Å². The summed E-state index contributed by atoms with van der Waals surface area (Å²) in [7, 11) is 0. The van der Waals surface area contributed by atoms with Crippen molar-refractivity contribution in [2.24, 2.45) is 5.92 Å². The molecule has 1 aliphatic carbocycles. The summed E-state index contributed by atoms with van der Waals surface area (Å²) >= 11 is 0. The van der Waals surface area contributed by atoms with Gasteiger partial charge in [0.15, 0.2) is 0 Å². The van der Waals surface area contributed by atoms with Gasteiger partial charge in [-0.3, -0.25) is 4.98 Å². The molecule has 0 radical (unpaired) electrons. The molecule has 3 nitrogen and oxygen atoms in total. The third-order valence-electron chi connectivity index (χ3n) is 4.18. The van der Waals surface area contributed by atoms with Gasteiger partial charge in [-0.25, -0.2) is 0 Å². The Morgan fingerprint density at radius 1 is 1.10 bits per heavy atom. The van der Waals surface area contributed by atoms with E-state index in [0.717, 1.165) is 25.0 Å². The van der Waals surface area contributed by atoms with E-state index in [4.69, 9.17) is 0 Å². The van der Waals surface area contributed by atoms with E-state index in [9.17, 15) is 5.26 Å². The number of hydrogen-bond donors (Lipinski definition) is 1. The van der Waals surface area contributed by atoms with Crippen LogP contribution in [0.25, 0.3) is 0 Å². The second-order valence-electron chi connectivity index (χ2n) is 5.54. The van der Waals surface area contributed by atoms with Crippen LogP contribution in [0.4, 0.5) is 0 Å². The van der Waals surface area contributed by atoms with Crippen LogP contribution in [0, 0.1) is 17.2 Å². The van der Waals surface area contributed by atoms with E-state index < -0.39 is 0 Å². The molecule has 3 rings (SSSR count). The fraction of sp³-hybridized carbons (Fsp3) is 0.333. The summed E-state index contributed by atoms with van der Waals surface area (Å²) in [5, 5.41) is 12.9. The van der Waals surface area contributed by atoms with Crippen LogP contribution in [-0.2, 0) is 0 Å². The zero-order chi connectivity index (χ0) is 14.5. The minimum absolute atomic E-state index is 0.0475. The van der Waals surface area contributed by atoms with Crippen LogP contribution in [0.15, 0.2) is 54.7 Å². The summed E-state index contributed by atoms with van der Waals surface area (Å²) in [6.07, 6.45) is 5.01. The lowest BCUT2D eigenvalue weighted by atomic mass is 9.99. The molecule has 1 saturated carbocycles. The highest BCUT2D eigenvalue weighted by Gasteiger charge is 2.30. The smallest absolute Gasteiger partial charge is 0.0753 e. The zero-order valence-electron chi connectivity index (χ0n) is 11.9. The van der Waals surface area contributed by atoms with Crippen molar-refractivity contribution in [3.05, 3.63) is 66.0 Å². The normalized spacial score (nSPS) is 22.6. The molecule has 1 aromatic heterocycles. The highest BCUT2D eigenvalue weighted by atomic mass is 15.0. The van der Waals surface area contributed by atoms with Crippen LogP contribution < -0.4 is 5.32 Å². The molecule has 3 heteroatoms. The molecule has 1 heterocycles. The number of nitrogens with zero attached hydrogens (tertiary/aromatic N) is 2. The van der Waals surface area contributed by atoms with Crippen LogP contribution in [-0.4, -0.2) is 11.0 Å². The van der Waals surface area contributed by atoms with Gasteiger partial charge in [-0.05, 0) is 30.5 Å². The predicted octanol–water partition coefficient (Wildman–Crippen LogP) is 3.45. The monoisotopic (exact) mass is 277 g/mol. The fourth-order valence-electron chi connectivity index (χ4n) is 3.07. The van der Waals surface area contributed by atoms with Gasteiger partial charge in [0.05, 0.1) is 23.7 Å². The van der Waals surface area contributed by atoms with Crippen molar-refractivity contribution < 1.29 is 0 Å². The highest BCUT2D eigenvalue weighted by Crippen LogP contribution is 2.29. The maximum absolute atomic E-state index is 9.28. The molecule has 0 bridgehead atoms. The van der Waals surface area contributed by atoms with E-state index in [0.29, 0.717) is 0 Å². The summed E-state index contributed by atoms with van der Waals surface area (Å²) in [5.41, 5.74) is 2.20. The van der Waals surface area contributed by atoms with Gasteiger partial charge in [0.1, 0.15) is 0 Å². The third-order valence-corrected chi connectivity index (χ3v) is 4.18. The van der Waals surface area contributed by atoms with E-state index in [-0.39, 0.29) is 18.0 Å². The van der Waals surface area contributed by atoms with Crippen LogP contribution >= 0.6 is 0 Å². The standard InChI is InChI=1S/C18H19N3/c19-13-15-9-6-11-16(15)21-18(14-7-2-1-3-8-14)17-10-4-5-12-20-17/h1-5,7-8,10,12,15-16,18,21H,6,9,11H2. The third kappa shape index (κ3) is 3.12. The van der Waals surface area contributed by atoms with E-state index in [1.165, 1.54) is 5.56 Å². The molecule has 21 heavy (non-hydrogen) atoms. The van der Waals surface area contributed by atoms with Crippen molar-refractivity contribution in [3.8, 4) is 6.07 Å². The van der Waals surface area contributed by atoms with Gasteiger partial charge in [-0.15, -0.1) is 0 Å². The van der Waals surface area contributed by atoms with Crippen LogP contribution in [0.1, 0.15) is 36.6 Å². The van der Waals surface area contributed by atoms with Crippen molar-refractivity contribution >= 4 is 0 Å². The first-order chi connectivity index (χ1) is 10.4. The number of rotatable bonds is 4. The first-order valence-corrected chi connectivity index (χ1v) is 7.50. The number of hydrogen-bond acceptors (Lipinski definition) is 3. The molecule has 0 amide bonds. The molecular weight excluding hydrogens is 258 g/mol. The van der Waals surface area contributed by atoms with Crippen molar-refractivity contribution in [2.45, 2.75) is 31.3 Å². The Labute approximate surface area is 125 Å². The second kappa shape index (κ2) is 6.51. The van der Waals surface area contributed by atoms with Crippen molar-refractivity contribution in [1.29, 1.82) is 5.26 Å². The van der Waals surface area contributed by atoms with E-state index in [1.54, 1.807) is 0 Å². The Kier molecular flexibility index (Phi) is 4.28. The molecule has 0 spiro atoms. The van der Waals surface area contributed by atoms with E-state index in [2.05, 4.69) is 28.5 Å². The molecule has 2 aromatic rings. The number of nitrogens with one attached hydrogen (secondary N) is 1. The molecule has 1 aromatic carbocycles. The Balaban J connectivity index is 1.88. The average Bonchev–Trinajstić information content (AvgIpc) is 3.01. The van der Waals surface area contributed by atoms with Gasteiger partial charge in [-0.1, -0.05) is 42.8 Å². The van der Waals surface area contributed by atoms with E-state index in [1.807, 2.05) is 42.6 Å². The molecule has 0 aliphatic heterocycles. The molecule has 3 atom stereocenters. The molecule has 0 saturated heterocycles. The fourth-order valence-corrected chi connectivity index (χ4v) is 3.07. The maximum atomic E-state index is 9.28. The molecule has 1 aliphatic rings. The maximum Gasteiger partial charge on any atom is 0.0753 e. The van der Waals surface area contributed by atoms with Gasteiger partial charge >= 0.3 is 0 Å². The van der Waals surface area contributed by atoms with Crippen molar-refractivity contribution in [1.82, 2.24) is 10.3 Å². The van der Waals surface area contributed by atoms with Gasteiger partial charge in [0.2, 0.25) is 0 Å². The van der Waals surface area contributed by atoms with Crippen LogP contribution in [0.3, 0.4) is 0 Å². The first-order valence-electron chi connectivity index (χ1n) is 7.50. The summed E-state index contributed by atoms with van der Waals surface area (Å²) in [6.45, 7) is 0. The average molecular weight is 277 g/mol. The summed E-state index contributed by atoms with van der Waals surface area (Å²) in [4.78, 5) is 4.50. The lowest BCUT2D eigenvalue weighted by Gasteiger charge is -2.24. The Morgan fingerprint density at radius 2 is 1.90 bits per heavy atom. The number of nitriles is 1. The minimum atomic E-state index is 0.0475. The molecule has 106 valence electrons. The summed E-state index contributed by atoms with van der Waals surface area (Å²) < 4.78 is 0. The van der Waals surface area contributed by atoms with Crippen LogP contribution in [0.5, 0.6) is 0 Å².